The summed E-state index contributed by atoms with van der Waals surface area (Å²) >= 11 is 0. The molecule has 12 nitrogen and oxygen atoms in total. The molecule has 0 bridgehead atoms. The van der Waals surface area contributed by atoms with Crippen LogP contribution >= 0.6 is 0 Å². The third-order valence-corrected chi connectivity index (χ3v) is 7.14. The van der Waals surface area contributed by atoms with Gasteiger partial charge in [0.25, 0.3) is 0 Å². The third-order valence-electron chi connectivity index (χ3n) is 7.14. The number of aliphatic hydroxyl groups excluding tert-OH is 2. The van der Waals surface area contributed by atoms with E-state index < -0.39 is 83.2 Å². The normalized spacial score (nSPS) is 20.7. The van der Waals surface area contributed by atoms with Crippen LogP contribution in [-0.2, 0) is 20.7 Å². The number of methoxy groups -OCH3 is 1. The minimum Gasteiger partial charge on any atom is -0.507 e. The zero-order valence-electron chi connectivity index (χ0n) is 22.6. The maximum Gasteiger partial charge on any atom is 0.309 e. The lowest BCUT2D eigenvalue weighted by atomic mass is 9.72. The van der Waals surface area contributed by atoms with Crippen molar-refractivity contribution in [1.29, 1.82) is 0 Å². The second-order valence-corrected chi connectivity index (χ2v) is 11.2. The molecule has 0 aliphatic heterocycles. The number of aromatic hydroxyl groups is 2. The number of nitrogens with zero attached hydrogens (tertiary/aromatic N) is 1. The Labute approximate surface area is 229 Å². The summed E-state index contributed by atoms with van der Waals surface area (Å²) in [4.78, 5) is 51.8. The van der Waals surface area contributed by atoms with Crippen LogP contribution in [0.15, 0.2) is 18.2 Å². The third kappa shape index (κ3) is 5.06. The largest absolute Gasteiger partial charge is 0.507 e. The van der Waals surface area contributed by atoms with Gasteiger partial charge >= 0.3 is 5.97 Å². The van der Waals surface area contributed by atoms with Crippen LogP contribution in [0.1, 0.15) is 61.9 Å². The minimum atomic E-state index is -2.34. The number of phenols is 2. The van der Waals surface area contributed by atoms with Crippen LogP contribution in [0.2, 0.25) is 0 Å². The molecule has 0 aromatic heterocycles. The average molecular weight is 559 g/mol. The van der Waals surface area contributed by atoms with E-state index in [1.807, 2.05) is 21.1 Å². The van der Waals surface area contributed by atoms with E-state index in [0.717, 1.165) is 0 Å². The van der Waals surface area contributed by atoms with Gasteiger partial charge in [-0.3, -0.25) is 19.2 Å². The SMILES string of the molecule is COc1cccc2c1C(=O)c1c(O)c3c(c(O)c1C2=O)C[C@@](O)(C(=O)COC(=O)CC(O)C[N+](C)(C)C)C[C@@H]3O. The number of Topliss-reactive ketones (excluding diaryl/α,β-unsaturated/α-hetero) is 1. The fourth-order valence-corrected chi connectivity index (χ4v) is 5.38. The van der Waals surface area contributed by atoms with E-state index in [0.29, 0.717) is 4.48 Å². The first kappa shape index (κ1) is 29.2. The van der Waals surface area contributed by atoms with Crippen LogP contribution in [0, 0.1) is 0 Å². The van der Waals surface area contributed by atoms with Gasteiger partial charge in [-0.15, -0.1) is 0 Å². The summed E-state index contributed by atoms with van der Waals surface area (Å²) in [6, 6.07) is 4.30. The Bertz CT molecular complexity index is 1420. The minimum absolute atomic E-state index is 0.0754. The van der Waals surface area contributed by atoms with Crippen molar-refractivity contribution in [3.63, 3.8) is 0 Å². The molecule has 0 spiro atoms. The molecule has 0 fully saturated rings. The van der Waals surface area contributed by atoms with Crippen molar-refractivity contribution in [2.24, 2.45) is 0 Å². The molecule has 40 heavy (non-hydrogen) atoms. The fourth-order valence-electron chi connectivity index (χ4n) is 5.38. The number of ether oxygens (including phenoxy) is 2. The molecule has 4 rings (SSSR count). The van der Waals surface area contributed by atoms with Crippen molar-refractivity contribution in [1.82, 2.24) is 0 Å². The van der Waals surface area contributed by atoms with Crippen molar-refractivity contribution in [3.8, 4) is 17.2 Å². The van der Waals surface area contributed by atoms with Gasteiger partial charge in [-0.1, -0.05) is 12.1 Å². The summed E-state index contributed by atoms with van der Waals surface area (Å²) < 4.78 is 10.5. The maximum absolute atomic E-state index is 13.4. The van der Waals surface area contributed by atoms with Gasteiger partial charge in [0.1, 0.15) is 35.5 Å². The Morgan fingerprint density at radius 3 is 2.35 bits per heavy atom. The first-order valence-corrected chi connectivity index (χ1v) is 12.5. The van der Waals surface area contributed by atoms with E-state index in [1.54, 1.807) is 0 Å². The van der Waals surface area contributed by atoms with E-state index in [1.165, 1.54) is 25.3 Å². The molecule has 3 atom stereocenters. The molecule has 214 valence electrons. The molecular weight excluding hydrogens is 526 g/mol. The van der Waals surface area contributed by atoms with Crippen LogP contribution in [0.4, 0.5) is 0 Å². The van der Waals surface area contributed by atoms with E-state index in [-0.39, 0.29) is 41.0 Å². The van der Waals surface area contributed by atoms with Crippen LogP contribution in [0.5, 0.6) is 17.2 Å². The highest BCUT2D eigenvalue weighted by atomic mass is 16.5. The summed E-state index contributed by atoms with van der Waals surface area (Å²) in [5, 5.41) is 54.2. The number of likely N-dealkylation sites (N-methyl/N-ethyl adjacent to an activating group) is 1. The molecule has 0 saturated carbocycles. The molecule has 0 heterocycles. The van der Waals surface area contributed by atoms with E-state index in [2.05, 4.69) is 0 Å². The van der Waals surface area contributed by atoms with Gasteiger partial charge in [-0.05, 0) is 6.07 Å². The number of hydrogen-bond donors (Lipinski definition) is 5. The maximum atomic E-state index is 13.4. The number of phenolic OH excluding ortho intramolecular Hbond substituents is 2. The van der Waals surface area contributed by atoms with E-state index >= 15 is 0 Å². The molecule has 12 heteroatoms. The predicted molar refractivity (Wildman–Crippen MR) is 137 cm³/mol. The first-order valence-electron chi connectivity index (χ1n) is 12.5. The Hall–Kier alpha value is -3.84. The van der Waals surface area contributed by atoms with Gasteiger partial charge in [0.05, 0.1) is 57.5 Å². The summed E-state index contributed by atoms with van der Waals surface area (Å²) in [5.74, 6) is -4.91. The Morgan fingerprint density at radius 1 is 1.07 bits per heavy atom. The van der Waals surface area contributed by atoms with Gasteiger partial charge in [0.15, 0.2) is 12.4 Å². The summed E-state index contributed by atoms with van der Waals surface area (Å²) in [6.07, 6.45) is -4.41. The molecule has 1 unspecified atom stereocenters. The monoisotopic (exact) mass is 558 g/mol. The van der Waals surface area contributed by atoms with Gasteiger partial charge < -0.3 is 39.5 Å². The molecule has 2 aliphatic rings. The summed E-state index contributed by atoms with van der Waals surface area (Å²) in [5.41, 5.74) is -4.15. The zero-order chi connectivity index (χ0) is 29.7. The Kier molecular flexibility index (Phi) is 7.50. The van der Waals surface area contributed by atoms with Crippen LogP contribution < -0.4 is 4.74 Å². The molecule has 0 saturated heterocycles. The smallest absolute Gasteiger partial charge is 0.309 e. The molecule has 0 amide bonds. The summed E-state index contributed by atoms with van der Waals surface area (Å²) in [6.45, 7) is -0.627. The van der Waals surface area contributed by atoms with Gasteiger partial charge in [0.2, 0.25) is 11.6 Å². The number of quaternary nitrogens is 1. The first-order chi connectivity index (χ1) is 18.6. The number of hydrogen-bond acceptors (Lipinski definition) is 11. The van der Waals surface area contributed by atoms with Crippen molar-refractivity contribution in [2.45, 2.75) is 37.1 Å². The lowest BCUT2D eigenvalue weighted by molar-refractivity contribution is -0.873. The van der Waals surface area contributed by atoms with Crippen LogP contribution in [-0.4, -0.2) is 106 Å². The number of benzene rings is 2. The Morgan fingerprint density at radius 2 is 1.73 bits per heavy atom. The lowest BCUT2D eigenvalue weighted by Crippen LogP contribution is -2.47. The molecule has 0 radical (unpaired) electrons. The molecule has 2 aromatic rings. The number of rotatable bonds is 8. The van der Waals surface area contributed by atoms with Crippen molar-refractivity contribution in [2.75, 3.05) is 41.4 Å². The Balaban J connectivity index is 1.63. The molecular formula is C28H32NO11+. The van der Waals surface area contributed by atoms with Crippen molar-refractivity contribution in [3.05, 3.63) is 51.6 Å². The number of carbonyl (C=O) groups excluding carboxylic acids is 4. The number of carbonyl (C=O) groups is 4. The number of aliphatic hydroxyl groups is 3. The van der Waals surface area contributed by atoms with Crippen molar-refractivity contribution < 1.29 is 58.7 Å². The number of ketones is 3. The highest BCUT2D eigenvalue weighted by Gasteiger charge is 2.48. The standard InChI is InChI=1S/C28H31NO11/c1-29(2,3)11-13(30)8-19(33)40-12-18(32)28(38)9-15-20(16(31)10-28)26(36)23-22(25(15)35)24(34)14-6-5-7-17(39-4)21(14)27(23)37/h5-7,13,16,30-31,38H,8-12H2,1-4H3,(H-,34,35,36,37)/p+1/t13?,16-,28-/m0/s1. The zero-order valence-corrected chi connectivity index (χ0v) is 22.6. The van der Waals surface area contributed by atoms with Gasteiger partial charge in [-0.2, -0.15) is 0 Å². The second-order valence-electron chi connectivity index (χ2n) is 11.2. The molecule has 2 aromatic carbocycles. The van der Waals surface area contributed by atoms with Gasteiger partial charge in [0, 0.05) is 29.5 Å². The van der Waals surface area contributed by atoms with E-state index in [4.69, 9.17) is 9.47 Å². The quantitative estimate of drug-likeness (QED) is 0.144. The number of fused-ring (bicyclic) bond motifs is 3. The molecule has 2 aliphatic carbocycles. The second kappa shape index (κ2) is 10.3. The fraction of sp³-hybridized carbons (Fsp3) is 0.429. The highest BCUT2D eigenvalue weighted by Crippen LogP contribution is 2.51. The highest BCUT2D eigenvalue weighted by molar-refractivity contribution is 6.31. The molecule has 5 N–H and O–H groups in total. The predicted octanol–water partition coefficient (Wildman–Crippen LogP) is 0.162. The van der Waals surface area contributed by atoms with Crippen LogP contribution in [0.3, 0.4) is 0 Å². The lowest BCUT2D eigenvalue weighted by Gasteiger charge is -2.37. The average Bonchev–Trinajstić information content (AvgIpc) is 2.85. The van der Waals surface area contributed by atoms with Gasteiger partial charge in [-0.25, -0.2) is 0 Å². The topological polar surface area (TPSA) is 188 Å². The van der Waals surface area contributed by atoms with Crippen molar-refractivity contribution >= 4 is 23.3 Å². The number of esters is 1. The summed E-state index contributed by atoms with van der Waals surface area (Å²) in [7, 11) is 6.77. The van der Waals surface area contributed by atoms with E-state index in [9.17, 15) is 44.7 Å². The van der Waals surface area contributed by atoms with Crippen LogP contribution in [0.25, 0.3) is 0 Å².